The summed E-state index contributed by atoms with van der Waals surface area (Å²) in [6, 6.07) is 5.45. The molecule has 0 amide bonds. The molecule has 0 saturated carbocycles. The first-order chi connectivity index (χ1) is 9.65. The van der Waals surface area contributed by atoms with Crippen LogP contribution in [0.25, 0.3) is 0 Å². The summed E-state index contributed by atoms with van der Waals surface area (Å²) >= 11 is 0. The Balaban J connectivity index is 2.53. The van der Waals surface area contributed by atoms with Crippen LogP contribution in [0, 0.1) is 22.5 Å². The number of nitro benzene ring substituents is 1. The van der Waals surface area contributed by atoms with Crippen LogP contribution in [0.5, 0.6) is 0 Å². The zero-order chi connectivity index (χ0) is 15.9. The predicted octanol–water partition coefficient (Wildman–Crippen LogP) is 5.31. The van der Waals surface area contributed by atoms with Gasteiger partial charge in [0.1, 0.15) is 0 Å². The van der Waals surface area contributed by atoms with Gasteiger partial charge in [-0.25, -0.2) is 0 Å². The van der Waals surface area contributed by atoms with Crippen molar-refractivity contribution in [1.82, 2.24) is 0 Å². The quantitative estimate of drug-likeness (QED) is 0.546. The molecule has 2 rings (SSSR count). The molecular weight excluding hydrogens is 262 g/mol. The molecule has 0 fully saturated rings. The molecule has 1 unspecified atom stereocenters. The molecule has 1 aliphatic carbocycles. The van der Waals surface area contributed by atoms with E-state index in [1.165, 1.54) is 11.1 Å². The van der Waals surface area contributed by atoms with E-state index >= 15 is 0 Å². The zero-order valence-corrected chi connectivity index (χ0v) is 13.5. The van der Waals surface area contributed by atoms with Gasteiger partial charge in [-0.2, -0.15) is 0 Å². The van der Waals surface area contributed by atoms with E-state index in [9.17, 15) is 10.1 Å². The van der Waals surface area contributed by atoms with Gasteiger partial charge in [0.05, 0.1) is 4.92 Å². The Labute approximate surface area is 126 Å². The van der Waals surface area contributed by atoms with Crippen LogP contribution in [-0.4, -0.2) is 4.92 Å². The van der Waals surface area contributed by atoms with Crippen molar-refractivity contribution in [2.24, 2.45) is 5.41 Å². The number of hydrogen-bond donors (Lipinski definition) is 0. The van der Waals surface area contributed by atoms with Gasteiger partial charge in [0.25, 0.3) is 5.69 Å². The van der Waals surface area contributed by atoms with E-state index in [0.29, 0.717) is 5.56 Å². The average Bonchev–Trinajstić information content (AvgIpc) is 2.35. The van der Waals surface area contributed by atoms with Crippen LogP contribution in [0.3, 0.4) is 0 Å². The maximum absolute atomic E-state index is 11.0. The highest BCUT2D eigenvalue weighted by molar-refractivity contribution is 5.50. The monoisotopic (exact) mass is 285 g/mol. The first-order valence-corrected chi connectivity index (χ1v) is 7.25. The molecule has 112 valence electrons. The molecule has 1 aliphatic rings. The fourth-order valence-electron chi connectivity index (χ4n) is 3.60. The van der Waals surface area contributed by atoms with Crippen molar-refractivity contribution in [2.75, 3.05) is 0 Å². The molecule has 0 radical (unpaired) electrons. The van der Waals surface area contributed by atoms with Crippen LogP contribution >= 0.6 is 0 Å². The summed E-state index contributed by atoms with van der Waals surface area (Å²) in [5.41, 5.74) is 5.89. The number of benzene rings is 1. The van der Waals surface area contributed by atoms with E-state index in [4.69, 9.17) is 0 Å². The van der Waals surface area contributed by atoms with Crippen LogP contribution in [0.15, 0.2) is 41.5 Å². The Kier molecular flexibility index (Phi) is 3.79. The lowest BCUT2D eigenvalue weighted by Crippen LogP contribution is -2.28. The molecule has 1 aromatic carbocycles. The maximum atomic E-state index is 11.0. The minimum absolute atomic E-state index is 0.0727. The lowest BCUT2D eigenvalue weighted by molar-refractivity contribution is -0.385. The summed E-state index contributed by atoms with van der Waals surface area (Å²) in [5.74, 6) is 0.209. The van der Waals surface area contributed by atoms with Crippen LogP contribution in [0.2, 0.25) is 0 Å². The summed E-state index contributed by atoms with van der Waals surface area (Å²) in [6.45, 7) is 14.9. The van der Waals surface area contributed by atoms with Gasteiger partial charge in [-0.05, 0) is 55.4 Å². The fourth-order valence-corrected chi connectivity index (χ4v) is 3.60. The Morgan fingerprint density at radius 2 is 1.90 bits per heavy atom. The van der Waals surface area contributed by atoms with Gasteiger partial charge >= 0.3 is 0 Å². The van der Waals surface area contributed by atoms with Crippen molar-refractivity contribution in [1.29, 1.82) is 0 Å². The second kappa shape index (κ2) is 5.14. The van der Waals surface area contributed by atoms with Gasteiger partial charge in [-0.3, -0.25) is 10.1 Å². The highest BCUT2D eigenvalue weighted by atomic mass is 16.6. The highest BCUT2D eigenvalue weighted by Gasteiger charge is 2.37. The summed E-state index contributed by atoms with van der Waals surface area (Å²) in [7, 11) is 0. The van der Waals surface area contributed by atoms with Crippen molar-refractivity contribution < 1.29 is 4.92 Å². The van der Waals surface area contributed by atoms with Crippen molar-refractivity contribution in [3.8, 4) is 0 Å². The highest BCUT2D eigenvalue weighted by Crippen LogP contribution is 2.51. The Bertz CT molecular complexity index is 653. The number of aryl methyl sites for hydroxylation is 1. The summed E-state index contributed by atoms with van der Waals surface area (Å²) in [4.78, 5) is 10.7. The minimum atomic E-state index is -0.324. The summed E-state index contributed by atoms with van der Waals surface area (Å²) in [6.07, 6.45) is 1.03. The number of rotatable bonds is 2. The minimum Gasteiger partial charge on any atom is -0.258 e. The lowest BCUT2D eigenvalue weighted by atomic mass is 9.62. The molecular formula is C18H23NO2. The molecule has 1 aromatic rings. The van der Waals surface area contributed by atoms with Gasteiger partial charge < -0.3 is 0 Å². The predicted molar refractivity (Wildman–Crippen MR) is 86.5 cm³/mol. The van der Waals surface area contributed by atoms with E-state index in [1.54, 1.807) is 13.0 Å². The second-order valence-electron chi connectivity index (χ2n) is 6.83. The third-order valence-electron chi connectivity index (χ3n) is 4.72. The van der Waals surface area contributed by atoms with Gasteiger partial charge in [0, 0.05) is 17.5 Å². The standard InChI is InChI=1S/C18H23NO2/c1-11-9-15(7-8-16(11)19(20)21)17-14(4)13(3)12(2)10-18(17,5)6/h7-9,17H,4,10H2,1-3,5-6H3. The fraction of sp³-hybridized carbons (Fsp3) is 0.444. The third-order valence-corrected chi connectivity index (χ3v) is 4.72. The van der Waals surface area contributed by atoms with Crippen molar-refractivity contribution in [3.63, 3.8) is 0 Å². The Hall–Kier alpha value is -1.90. The number of allylic oxidation sites excluding steroid dienone is 3. The van der Waals surface area contributed by atoms with Crippen molar-refractivity contribution in [3.05, 3.63) is 62.7 Å². The molecule has 3 heteroatoms. The normalized spacial score (nSPS) is 21.6. The van der Waals surface area contributed by atoms with Crippen LogP contribution < -0.4 is 0 Å². The van der Waals surface area contributed by atoms with E-state index in [-0.39, 0.29) is 21.9 Å². The second-order valence-corrected chi connectivity index (χ2v) is 6.83. The SMILES string of the molecule is C=C1C(C)=C(C)CC(C)(C)C1c1ccc([N+](=O)[O-])c(C)c1. The van der Waals surface area contributed by atoms with Crippen molar-refractivity contribution >= 4 is 5.69 Å². The number of nitro groups is 1. The van der Waals surface area contributed by atoms with E-state index in [2.05, 4.69) is 34.3 Å². The largest absolute Gasteiger partial charge is 0.272 e. The molecule has 0 N–H and O–H groups in total. The molecule has 0 bridgehead atoms. The zero-order valence-electron chi connectivity index (χ0n) is 13.5. The summed E-state index contributed by atoms with van der Waals surface area (Å²) < 4.78 is 0. The molecule has 21 heavy (non-hydrogen) atoms. The molecule has 3 nitrogen and oxygen atoms in total. The Morgan fingerprint density at radius 1 is 1.29 bits per heavy atom. The molecule has 0 heterocycles. The summed E-state index contributed by atoms with van der Waals surface area (Å²) in [5, 5.41) is 11.0. The molecule has 0 saturated heterocycles. The van der Waals surface area contributed by atoms with E-state index in [1.807, 2.05) is 12.1 Å². The maximum Gasteiger partial charge on any atom is 0.272 e. The topological polar surface area (TPSA) is 43.1 Å². The van der Waals surface area contributed by atoms with E-state index < -0.39 is 0 Å². The number of hydrogen-bond acceptors (Lipinski definition) is 2. The van der Waals surface area contributed by atoms with Gasteiger partial charge in [0.15, 0.2) is 0 Å². The van der Waals surface area contributed by atoms with Gasteiger partial charge in [-0.15, -0.1) is 0 Å². The van der Waals surface area contributed by atoms with E-state index in [0.717, 1.165) is 17.6 Å². The van der Waals surface area contributed by atoms with Crippen molar-refractivity contribution in [2.45, 2.75) is 47.0 Å². The number of nitrogens with zero attached hydrogens (tertiary/aromatic N) is 1. The Morgan fingerprint density at radius 3 is 2.43 bits per heavy atom. The molecule has 0 aliphatic heterocycles. The van der Waals surface area contributed by atoms with Crippen LogP contribution in [-0.2, 0) is 0 Å². The smallest absolute Gasteiger partial charge is 0.258 e. The molecule has 0 spiro atoms. The first kappa shape index (κ1) is 15.5. The molecule has 1 atom stereocenters. The van der Waals surface area contributed by atoms with Crippen LogP contribution in [0.4, 0.5) is 5.69 Å². The third kappa shape index (κ3) is 2.65. The van der Waals surface area contributed by atoms with Crippen LogP contribution in [0.1, 0.15) is 51.2 Å². The van der Waals surface area contributed by atoms with Gasteiger partial charge in [0.2, 0.25) is 0 Å². The first-order valence-electron chi connectivity index (χ1n) is 7.25. The molecule has 0 aromatic heterocycles. The van der Waals surface area contributed by atoms with Gasteiger partial charge in [-0.1, -0.05) is 32.1 Å². The average molecular weight is 285 g/mol. The lowest BCUT2D eigenvalue weighted by Gasteiger charge is -2.41.